The van der Waals surface area contributed by atoms with Gasteiger partial charge in [0.15, 0.2) is 5.69 Å². The topological polar surface area (TPSA) is 90.7 Å². The van der Waals surface area contributed by atoms with Gasteiger partial charge in [-0.3, -0.25) is 0 Å². The molecule has 0 aliphatic carbocycles. The average molecular weight is 662 g/mol. The van der Waals surface area contributed by atoms with Crippen LogP contribution in [-0.2, 0) is 24.5 Å². The number of hydrogen-bond acceptors (Lipinski definition) is 8. The SMILES string of the molecule is CCN(CC)CCNCc1ccc(-c2c(C(=O)OC)nnn2-c2cc(C(C)C)c(OCc3ccccc3)cc2OCc2ccccc2)cc1. The van der Waals surface area contributed by atoms with E-state index < -0.39 is 5.97 Å². The van der Waals surface area contributed by atoms with Crippen LogP contribution in [-0.4, -0.2) is 59.2 Å². The highest BCUT2D eigenvalue weighted by Gasteiger charge is 2.26. The summed E-state index contributed by atoms with van der Waals surface area (Å²) >= 11 is 0. The molecule has 0 bridgehead atoms. The third kappa shape index (κ3) is 9.13. The number of carbonyl (C=O) groups is 1. The van der Waals surface area contributed by atoms with Gasteiger partial charge in [-0.25, -0.2) is 9.48 Å². The number of nitrogens with zero attached hydrogens (tertiary/aromatic N) is 4. The van der Waals surface area contributed by atoms with Crippen LogP contribution in [0.4, 0.5) is 0 Å². The van der Waals surface area contributed by atoms with Crippen LogP contribution in [0.3, 0.4) is 0 Å². The summed E-state index contributed by atoms with van der Waals surface area (Å²) in [7, 11) is 1.35. The molecule has 5 aromatic rings. The fraction of sp³-hybridized carbons (Fsp3) is 0.325. The summed E-state index contributed by atoms with van der Waals surface area (Å²) in [4.78, 5) is 15.4. The highest BCUT2D eigenvalue weighted by molar-refractivity contribution is 5.94. The minimum Gasteiger partial charge on any atom is -0.488 e. The molecule has 256 valence electrons. The molecule has 9 heteroatoms. The van der Waals surface area contributed by atoms with E-state index in [1.807, 2.05) is 84.9 Å². The van der Waals surface area contributed by atoms with Gasteiger partial charge in [-0.15, -0.1) is 5.10 Å². The fourth-order valence-electron chi connectivity index (χ4n) is 5.63. The molecular formula is C40H47N5O4. The first-order valence-corrected chi connectivity index (χ1v) is 17.0. The lowest BCUT2D eigenvalue weighted by atomic mass is 10.00. The van der Waals surface area contributed by atoms with Gasteiger partial charge in [-0.2, -0.15) is 0 Å². The quantitative estimate of drug-likeness (QED) is 0.0813. The number of carbonyl (C=O) groups excluding carboxylic acids is 1. The Labute approximate surface area is 289 Å². The molecule has 0 saturated heterocycles. The van der Waals surface area contributed by atoms with Crippen molar-refractivity contribution in [2.75, 3.05) is 33.3 Å². The van der Waals surface area contributed by atoms with Crippen molar-refractivity contribution in [1.82, 2.24) is 25.2 Å². The highest BCUT2D eigenvalue weighted by Crippen LogP contribution is 2.39. The number of aromatic nitrogens is 3. The van der Waals surface area contributed by atoms with Gasteiger partial charge in [0.2, 0.25) is 0 Å². The van der Waals surface area contributed by atoms with Crippen molar-refractivity contribution in [2.45, 2.75) is 53.4 Å². The predicted octanol–water partition coefficient (Wildman–Crippen LogP) is 7.43. The van der Waals surface area contributed by atoms with E-state index in [1.54, 1.807) is 4.68 Å². The molecule has 0 aliphatic heterocycles. The number of likely N-dealkylation sites (N-methyl/N-ethyl adjacent to an activating group) is 1. The Kier molecular flexibility index (Phi) is 12.6. The largest absolute Gasteiger partial charge is 0.488 e. The molecule has 0 saturated carbocycles. The van der Waals surface area contributed by atoms with E-state index in [2.05, 4.69) is 60.4 Å². The zero-order valence-electron chi connectivity index (χ0n) is 29.2. The van der Waals surface area contributed by atoms with Crippen molar-refractivity contribution < 1.29 is 19.0 Å². The van der Waals surface area contributed by atoms with E-state index >= 15 is 0 Å². The fourth-order valence-corrected chi connectivity index (χ4v) is 5.63. The van der Waals surface area contributed by atoms with Crippen LogP contribution in [0.2, 0.25) is 0 Å². The van der Waals surface area contributed by atoms with Crippen molar-refractivity contribution >= 4 is 5.97 Å². The number of hydrogen-bond donors (Lipinski definition) is 1. The molecule has 0 unspecified atom stereocenters. The first-order chi connectivity index (χ1) is 23.9. The molecule has 0 fully saturated rings. The van der Waals surface area contributed by atoms with E-state index in [-0.39, 0.29) is 11.6 Å². The molecule has 4 aromatic carbocycles. The van der Waals surface area contributed by atoms with E-state index in [0.29, 0.717) is 30.3 Å². The molecular weight excluding hydrogens is 614 g/mol. The van der Waals surface area contributed by atoms with E-state index in [4.69, 9.17) is 14.2 Å². The Hall–Kier alpha value is -4.99. The second kappa shape index (κ2) is 17.4. The molecule has 1 aromatic heterocycles. The van der Waals surface area contributed by atoms with Crippen LogP contribution in [0.5, 0.6) is 11.5 Å². The molecule has 0 atom stereocenters. The van der Waals surface area contributed by atoms with E-state index in [1.165, 1.54) is 7.11 Å². The molecule has 49 heavy (non-hydrogen) atoms. The number of rotatable bonds is 17. The summed E-state index contributed by atoms with van der Waals surface area (Å²) in [6.07, 6.45) is 0. The summed E-state index contributed by atoms with van der Waals surface area (Å²) in [6, 6.07) is 32.1. The molecule has 0 spiro atoms. The predicted molar refractivity (Wildman–Crippen MR) is 193 cm³/mol. The van der Waals surface area contributed by atoms with Crippen molar-refractivity contribution in [3.05, 3.63) is 125 Å². The minimum absolute atomic E-state index is 0.119. The lowest BCUT2D eigenvalue weighted by Crippen LogP contribution is -2.31. The molecule has 1 heterocycles. The Morgan fingerprint density at radius 1 is 0.816 bits per heavy atom. The number of benzene rings is 4. The van der Waals surface area contributed by atoms with Crippen LogP contribution >= 0.6 is 0 Å². The average Bonchev–Trinajstić information content (AvgIpc) is 3.58. The standard InChI is InChI=1S/C40H47N5O4/c1-6-44(7-2)23-22-41-26-30-18-20-33(21-19-30)39-38(40(46)47-5)42-43-45(39)35-24-34(29(3)4)36(48-27-31-14-10-8-11-15-31)25-37(35)49-28-32-16-12-9-13-17-32/h8-21,24-25,29,41H,6-7,22-23,26-28H2,1-5H3. The monoisotopic (exact) mass is 661 g/mol. The first kappa shape index (κ1) is 35.3. The zero-order valence-corrected chi connectivity index (χ0v) is 29.2. The zero-order chi connectivity index (χ0) is 34.6. The lowest BCUT2D eigenvalue weighted by Gasteiger charge is -2.20. The van der Waals surface area contributed by atoms with Crippen LogP contribution < -0.4 is 14.8 Å². The van der Waals surface area contributed by atoms with E-state index in [0.717, 1.165) is 66.3 Å². The van der Waals surface area contributed by atoms with Crippen molar-refractivity contribution in [2.24, 2.45) is 0 Å². The molecule has 0 radical (unpaired) electrons. The van der Waals surface area contributed by atoms with Crippen molar-refractivity contribution in [3.8, 4) is 28.4 Å². The summed E-state index contributed by atoms with van der Waals surface area (Å²) in [6.45, 7) is 14.1. The van der Waals surface area contributed by atoms with Crippen LogP contribution in [0.25, 0.3) is 16.9 Å². The molecule has 0 amide bonds. The Morgan fingerprint density at radius 3 is 2.00 bits per heavy atom. The third-order valence-corrected chi connectivity index (χ3v) is 8.52. The van der Waals surface area contributed by atoms with Gasteiger partial charge in [0.1, 0.15) is 36.1 Å². The normalized spacial score (nSPS) is 11.2. The molecule has 0 aliphatic rings. The van der Waals surface area contributed by atoms with Crippen molar-refractivity contribution in [1.29, 1.82) is 0 Å². The molecule has 9 nitrogen and oxygen atoms in total. The molecule has 1 N–H and O–H groups in total. The Balaban J connectivity index is 1.53. The summed E-state index contributed by atoms with van der Waals surface area (Å²) in [5, 5.41) is 12.4. The van der Waals surface area contributed by atoms with Gasteiger partial charge in [-0.05, 0) is 47.3 Å². The minimum atomic E-state index is -0.568. The number of esters is 1. The second-order valence-corrected chi connectivity index (χ2v) is 12.2. The Morgan fingerprint density at radius 2 is 1.43 bits per heavy atom. The van der Waals surface area contributed by atoms with Crippen LogP contribution in [0, 0.1) is 0 Å². The summed E-state index contributed by atoms with van der Waals surface area (Å²) in [5.74, 6) is 0.821. The third-order valence-electron chi connectivity index (χ3n) is 8.52. The highest BCUT2D eigenvalue weighted by atomic mass is 16.5. The van der Waals surface area contributed by atoms with Gasteiger partial charge in [0.05, 0.1) is 7.11 Å². The second-order valence-electron chi connectivity index (χ2n) is 12.2. The summed E-state index contributed by atoms with van der Waals surface area (Å²) < 4.78 is 19.7. The van der Waals surface area contributed by atoms with Crippen molar-refractivity contribution in [3.63, 3.8) is 0 Å². The number of ether oxygens (including phenoxy) is 3. The number of methoxy groups -OCH3 is 1. The van der Waals surface area contributed by atoms with Gasteiger partial charge in [0, 0.05) is 31.3 Å². The number of nitrogens with one attached hydrogen (secondary N) is 1. The lowest BCUT2D eigenvalue weighted by molar-refractivity contribution is 0.0595. The maximum Gasteiger partial charge on any atom is 0.360 e. The molecule has 5 rings (SSSR count). The smallest absolute Gasteiger partial charge is 0.360 e. The van der Waals surface area contributed by atoms with E-state index in [9.17, 15) is 4.79 Å². The van der Waals surface area contributed by atoms with Gasteiger partial charge in [0.25, 0.3) is 0 Å². The Bertz CT molecular complexity index is 1770. The maximum atomic E-state index is 13.0. The summed E-state index contributed by atoms with van der Waals surface area (Å²) in [5.41, 5.74) is 6.26. The van der Waals surface area contributed by atoms with Crippen LogP contribution in [0.1, 0.15) is 66.4 Å². The first-order valence-electron chi connectivity index (χ1n) is 17.0. The van der Waals surface area contributed by atoms with Gasteiger partial charge in [-0.1, -0.05) is 118 Å². The van der Waals surface area contributed by atoms with Gasteiger partial charge >= 0.3 is 5.97 Å². The van der Waals surface area contributed by atoms with Crippen LogP contribution in [0.15, 0.2) is 97.1 Å². The van der Waals surface area contributed by atoms with Gasteiger partial charge < -0.3 is 24.4 Å². The maximum absolute atomic E-state index is 13.0.